The minimum atomic E-state index is -0.239. The van der Waals surface area contributed by atoms with Gasteiger partial charge >= 0.3 is 6.03 Å². The zero-order valence-electron chi connectivity index (χ0n) is 44.2. The van der Waals surface area contributed by atoms with Crippen LogP contribution in [-0.4, -0.2) is 147 Å². The lowest BCUT2D eigenvalue weighted by atomic mass is 10.0. The maximum absolute atomic E-state index is 12.7. The number of thioether (sulfide) groups is 1. The number of likely N-dealkylation sites (N-methyl/N-ethyl adjacent to an activating group) is 1. The lowest BCUT2D eigenvalue weighted by Gasteiger charge is -2.16. The first kappa shape index (κ1) is 59.5. The maximum atomic E-state index is 12.7. The molecule has 2 fully saturated rings. The van der Waals surface area contributed by atoms with Crippen LogP contribution in [0.15, 0.2) is 103 Å². The molecular formula is C56H77N11O9S. The molecule has 3 aromatic carbocycles. The Hall–Kier alpha value is -6.78. The molecule has 0 bridgehead atoms. The summed E-state index contributed by atoms with van der Waals surface area (Å²) in [6.07, 6.45) is 12.3. The van der Waals surface area contributed by atoms with Gasteiger partial charge < -0.3 is 66.4 Å². The summed E-state index contributed by atoms with van der Waals surface area (Å²) in [5, 5.41) is 24.6. The molecule has 2 aliphatic heterocycles. The largest absolute Gasteiger partial charge is 0.457 e. The second-order valence-corrected chi connectivity index (χ2v) is 20.0. The lowest BCUT2D eigenvalue weighted by molar-refractivity contribution is -0.123. The number of carbonyl (C=O) groups excluding carboxylic acids is 5. The molecule has 8 N–H and O–H groups in total. The molecule has 6 amide bonds. The van der Waals surface area contributed by atoms with E-state index in [1.165, 1.54) is 12.4 Å². The highest BCUT2D eigenvalue weighted by Crippen LogP contribution is 2.33. The first-order chi connectivity index (χ1) is 37.6. The number of amides is 6. The van der Waals surface area contributed by atoms with E-state index in [9.17, 15) is 24.0 Å². The summed E-state index contributed by atoms with van der Waals surface area (Å²) < 4.78 is 22.6. The minimum Gasteiger partial charge on any atom is -0.457 e. The van der Waals surface area contributed by atoms with Crippen molar-refractivity contribution in [2.24, 2.45) is 0 Å². The van der Waals surface area contributed by atoms with Gasteiger partial charge in [-0.05, 0) is 113 Å². The highest BCUT2D eigenvalue weighted by Gasteiger charge is 2.42. The molecule has 2 saturated heterocycles. The summed E-state index contributed by atoms with van der Waals surface area (Å²) in [7, 11) is 1.98. The van der Waals surface area contributed by atoms with Crippen molar-refractivity contribution in [1.29, 1.82) is 0 Å². The number of benzene rings is 3. The molecule has 0 spiro atoms. The molecule has 77 heavy (non-hydrogen) atoms. The van der Waals surface area contributed by atoms with Crippen LogP contribution in [0.4, 0.5) is 33.5 Å². The first-order valence-electron chi connectivity index (χ1n) is 26.8. The second-order valence-electron chi connectivity index (χ2n) is 18.7. The molecule has 2 aliphatic rings. The molecule has 6 rings (SSSR count). The number of aromatic nitrogens is 2. The summed E-state index contributed by atoms with van der Waals surface area (Å²) in [5.74, 6) is 3.31. The SMILES string of the molecule is CN(CC=CC(=O)Nc1cccc(Nc2cc(Nc3ccc(Oc4ccccc4)cc3)ncn2)c1)CCCCNC(=O)CCCC(=O)NCCCOCCOCCOCCCNC(=O)CCCC[C@@H]1SC[C@@H]2NC(=O)N[C@@H]21. The molecular weight excluding hydrogens is 1000 g/mol. The van der Waals surface area contributed by atoms with Crippen molar-refractivity contribution >= 4 is 70.1 Å². The third-order valence-corrected chi connectivity index (χ3v) is 13.9. The Bertz CT molecular complexity index is 2440. The van der Waals surface area contributed by atoms with E-state index in [0.29, 0.717) is 114 Å². The number of carbonyl (C=O) groups is 5. The number of unbranched alkanes of at least 4 members (excludes halogenated alkanes) is 2. The number of urea groups is 1. The summed E-state index contributed by atoms with van der Waals surface area (Å²) in [5.41, 5.74) is 2.22. The molecule has 0 unspecified atom stereocenters. The van der Waals surface area contributed by atoms with Crippen molar-refractivity contribution < 1.29 is 42.9 Å². The molecule has 21 heteroatoms. The Kier molecular flexibility index (Phi) is 26.9. The van der Waals surface area contributed by atoms with Crippen LogP contribution in [-0.2, 0) is 33.4 Å². The number of fused-ring (bicyclic) bond motifs is 1. The topological polar surface area (TPSA) is 248 Å². The molecule has 0 saturated carbocycles. The van der Waals surface area contributed by atoms with Gasteiger partial charge in [-0.1, -0.05) is 36.8 Å². The van der Waals surface area contributed by atoms with E-state index in [2.05, 4.69) is 57.4 Å². The van der Waals surface area contributed by atoms with Crippen LogP contribution >= 0.6 is 11.8 Å². The van der Waals surface area contributed by atoms with Gasteiger partial charge in [0.2, 0.25) is 23.6 Å². The smallest absolute Gasteiger partial charge is 0.315 e. The van der Waals surface area contributed by atoms with Crippen molar-refractivity contribution in [3.63, 3.8) is 0 Å². The van der Waals surface area contributed by atoms with Crippen molar-refractivity contribution in [3.8, 4) is 11.5 Å². The fourth-order valence-electron chi connectivity index (χ4n) is 8.34. The monoisotopic (exact) mass is 1080 g/mol. The number of rotatable bonds is 38. The Labute approximate surface area is 456 Å². The van der Waals surface area contributed by atoms with Gasteiger partial charge in [0.1, 0.15) is 29.5 Å². The molecule has 0 aliphatic carbocycles. The van der Waals surface area contributed by atoms with Crippen LogP contribution in [0.25, 0.3) is 0 Å². The van der Waals surface area contributed by atoms with Gasteiger partial charge in [0.05, 0.1) is 38.5 Å². The van der Waals surface area contributed by atoms with E-state index in [-0.39, 0.29) is 48.2 Å². The van der Waals surface area contributed by atoms with E-state index >= 15 is 0 Å². The van der Waals surface area contributed by atoms with Crippen LogP contribution in [0.5, 0.6) is 11.5 Å². The molecule has 1 aromatic heterocycles. The molecule has 4 aromatic rings. The number of hydrogen-bond donors (Lipinski definition) is 8. The number of ether oxygens (including phenoxy) is 4. The second kappa shape index (κ2) is 34.8. The maximum Gasteiger partial charge on any atom is 0.315 e. The summed E-state index contributed by atoms with van der Waals surface area (Å²) in [6, 6.07) is 26.8. The van der Waals surface area contributed by atoms with Crippen LogP contribution in [0.3, 0.4) is 0 Å². The Morgan fingerprint density at radius 2 is 1.26 bits per heavy atom. The highest BCUT2D eigenvalue weighted by atomic mass is 32.2. The minimum absolute atomic E-state index is 0.0628. The standard InChI is InChI=1S/C56H77N11O9S/c1-67(31-11-22-54(71)64-44-15-9-14-43(38-44)63-50-39-49(60-41-61-50)62-42-23-25-46(26-24-42)76-45-16-3-2-4-17-45)30-8-7-27-57-52(69)20-10-21-53(70)59-29-13-33-74-35-37-75-36-34-73-32-12-28-58-51(68)19-6-5-18-48-55-47(40-77-48)65-56(72)66-55/h2-4,9,11,14-17,22-26,38-39,41,47-48,55H,5-8,10,12-13,18-21,27-37,40H2,1H3,(H,57,69)(H,58,68)(H,59,70)(H,64,71)(H2,65,66,72)(H2,60,61,62,63)/t47-,48-,55-/m0/s1. The van der Waals surface area contributed by atoms with E-state index in [0.717, 1.165) is 73.7 Å². The van der Waals surface area contributed by atoms with Crippen LogP contribution in [0.2, 0.25) is 0 Å². The van der Waals surface area contributed by atoms with Gasteiger partial charge in [-0.2, -0.15) is 11.8 Å². The predicted octanol–water partition coefficient (Wildman–Crippen LogP) is 7.04. The van der Waals surface area contributed by atoms with Gasteiger partial charge in [-0.15, -0.1) is 0 Å². The summed E-state index contributed by atoms with van der Waals surface area (Å²) in [6.45, 7) is 5.93. The lowest BCUT2D eigenvalue weighted by Crippen LogP contribution is -2.36. The Morgan fingerprint density at radius 3 is 1.95 bits per heavy atom. The van der Waals surface area contributed by atoms with Gasteiger partial charge in [0.25, 0.3) is 0 Å². The third-order valence-electron chi connectivity index (χ3n) is 12.4. The fourth-order valence-corrected chi connectivity index (χ4v) is 9.88. The normalized spacial score (nSPS) is 15.6. The van der Waals surface area contributed by atoms with Gasteiger partial charge in [-0.3, -0.25) is 19.2 Å². The van der Waals surface area contributed by atoms with E-state index in [1.807, 2.05) is 104 Å². The number of nitrogens with zero attached hydrogens (tertiary/aromatic N) is 3. The van der Waals surface area contributed by atoms with Gasteiger partial charge in [0.15, 0.2) is 0 Å². The average Bonchev–Trinajstić information content (AvgIpc) is 3.99. The number of para-hydroxylation sites is 1. The number of nitrogens with one attached hydrogen (secondary N) is 8. The quantitative estimate of drug-likeness (QED) is 0.0127. The summed E-state index contributed by atoms with van der Waals surface area (Å²) in [4.78, 5) is 71.7. The van der Waals surface area contributed by atoms with E-state index < -0.39 is 0 Å². The molecule has 20 nitrogen and oxygen atoms in total. The molecule has 3 heterocycles. The highest BCUT2D eigenvalue weighted by molar-refractivity contribution is 8.00. The Morgan fingerprint density at radius 1 is 0.649 bits per heavy atom. The molecule has 3 atom stereocenters. The predicted molar refractivity (Wildman–Crippen MR) is 301 cm³/mol. The van der Waals surface area contributed by atoms with Gasteiger partial charge in [0, 0.05) is 98.9 Å². The number of anilines is 5. The number of hydrogen-bond acceptors (Lipinski definition) is 15. The van der Waals surface area contributed by atoms with E-state index in [4.69, 9.17) is 18.9 Å². The van der Waals surface area contributed by atoms with Gasteiger partial charge in [-0.25, -0.2) is 14.8 Å². The zero-order valence-corrected chi connectivity index (χ0v) is 45.1. The van der Waals surface area contributed by atoms with E-state index in [1.54, 1.807) is 6.07 Å². The van der Waals surface area contributed by atoms with Crippen molar-refractivity contribution in [1.82, 2.24) is 41.5 Å². The third kappa shape index (κ3) is 24.4. The fraction of sp³-hybridized carbons (Fsp3) is 0.482. The van der Waals surface area contributed by atoms with Crippen molar-refractivity contribution in [2.45, 2.75) is 88.0 Å². The van der Waals surface area contributed by atoms with Crippen LogP contribution in [0, 0.1) is 0 Å². The Balaban J connectivity index is 0.674. The average molecular weight is 1080 g/mol. The summed E-state index contributed by atoms with van der Waals surface area (Å²) >= 11 is 1.90. The van der Waals surface area contributed by atoms with Crippen molar-refractivity contribution in [2.75, 3.05) is 101 Å². The molecule has 0 radical (unpaired) electrons. The van der Waals surface area contributed by atoms with Crippen molar-refractivity contribution in [3.05, 3.63) is 103 Å². The van der Waals surface area contributed by atoms with Crippen LogP contribution < -0.4 is 47.3 Å². The zero-order chi connectivity index (χ0) is 54.1. The van der Waals surface area contributed by atoms with Crippen LogP contribution in [0.1, 0.15) is 70.6 Å². The first-order valence-corrected chi connectivity index (χ1v) is 27.9. The molecule has 416 valence electrons.